The Kier molecular flexibility index (Phi) is 5.30. The Morgan fingerprint density at radius 2 is 2.53 bits per heavy atom. The smallest absolute Gasteiger partial charge is 0.223 e. The highest BCUT2D eigenvalue weighted by molar-refractivity contribution is 7.13. The summed E-state index contributed by atoms with van der Waals surface area (Å²) in [5.74, 6) is -0.0663. The molecule has 1 fully saturated rings. The van der Waals surface area contributed by atoms with E-state index >= 15 is 0 Å². The molecule has 0 aliphatic carbocycles. The van der Waals surface area contributed by atoms with Gasteiger partial charge in [-0.1, -0.05) is 6.92 Å². The van der Waals surface area contributed by atoms with Crippen LogP contribution in [0, 0.1) is 0 Å². The summed E-state index contributed by atoms with van der Waals surface area (Å²) in [5.41, 5.74) is 1.04. The zero-order valence-corrected chi connectivity index (χ0v) is 12.4. The first kappa shape index (κ1) is 14.4. The number of carbonyl (C=O) groups excluding carboxylic acids is 1. The van der Waals surface area contributed by atoms with Crippen LogP contribution in [0.2, 0.25) is 0 Å². The van der Waals surface area contributed by atoms with Crippen molar-refractivity contribution < 1.29 is 4.79 Å². The van der Waals surface area contributed by atoms with Crippen molar-refractivity contribution >= 4 is 22.4 Å². The minimum Gasteiger partial charge on any atom is -0.313 e. The maximum Gasteiger partial charge on any atom is 0.223 e. The molecule has 0 radical (unpaired) electrons. The highest BCUT2D eigenvalue weighted by Gasteiger charge is 2.17. The van der Waals surface area contributed by atoms with Crippen molar-refractivity contribution in [1.29, 1.82) is 0 Å². The number of nitrogens with one attached hydrogen (secondary N) is 2. The SMILES string of the molecule is CCN(Cc1csc(NC(C)=O)n1)CC1CCCN1. The molecule has 5 nitrogen and oxygen atoms in total. The number of amides is 1. The Balaban J connectivity index is 1.86. The second-order valence-electron chi connectivity index (χ2n) is 4.95. The van der Waals surface area contributed by atoms with Crippen molar-refractivity contribution in [3.8, 4) is 0 Å². The lowest BCUT2D eigenvalue weighted by atomic mass is 10.2. The van der Waals surface area contributed by atoms with Gasteiger partial charge in [-0.3, -0.25) is 9.69 Å². The summed E-state index contributed by atoms with van der Waals surface area (Å²) in [5, 5.41) is 8.97. The van der Waals surface area contributed by atoms with Gasteiger partial charge in [-0.2, -0.15) is 0 Å². The van der Waals surface area contributed by atoms with Gasteiger partial charge in [-0.25, -0.2) is 4.98 Å². The fraction of sp³-hybridized carbons (Fsp3) is 0.692. The van der Waals surface area contributed by atoms with Crippen LogP contribution in [-0.4, -0.2) is 41.5 Å². The van der Waals surface area contributed by atoms with Gasteiger partial charge in [0.05, 0.1) is 5.69 Å². The van der Waals surface area contributed by atoms with E-state index < -0.39 is 0 Å². The van der Waals surface area contributed by atoms with Crippen molar-refractivity contribution in [2.24, 2.45) is 0 Å². The summed E-state index contributed by atoms with van der Waals surface area (Å²) in [6.07, 6.45) is 2.55. The van der Waals surface area contributed by atoms with Crippen LogP contribution in [0.15, 0.2) is 5.38 Å². The highest BCUT2D eigenvalue weighted by atomic mass is 32.1. The first-order valence-corrected chi connectivity index (χ1v) is 7.73. The third kappa shape index (κ3) is 4.56. The molecule has 1 aliphatic rings. The number of hydrogen-bond donors (Lipinski definition) is 2. The number of anilines is 1. The predicted molar refractivity (Wildman–Crippen MR) is 78.4 cm³/mol. The van der Waals surface area contributed by atoms with Gasteiger partial charge < -0.3 is 10.6 Å². The molecule has 1 aliphatic heterocycles. The normalized spacial score (nSPS) is 19.0. The van der Waals surface area contributed by atoms with Gasteiger partial charge in [0.2, 0.25) is 5.91 Å². The molecule has 19 heavy (non-hydrogen) atoms. The molecule has 1 aromatic heterocycles. The van der Waals surface area contributed by atoms with Crippen molar-refractivity contribution in [3.05, 3.63) is 11.1 Å². The second-order valence-corrected chi connectivity index (χ2v) is 5.80. The Bertz CT molecular complexity index is 415. The molecule has 0 aromatic carbocycles. The highest BCUT2D eigenvalue weighted by Crippen LogP contribution is 2.17. The van der Waals surface area contributed by atoms with E-state index in [1.165, 1.54) is 31.1 Å². The quantitative estimate of drug-likeness (QED) is 0.833. The number of nitrogens with zero attached hydrogens (tertiary/aromatic N) is 2. The fourth-order valence-corrected chi connectivity index (χ4v) is 3.09. The summed E-state index contributed by atoms with van der Waals surface area (Å²) in [4.78, 5) is 17.8. The molecule has 0 bridgehead atoms. The summed E-state index contributed by atoms with van der Waals surface area (Å²) >= 11 is 1.49. The predicted octanol–water partition coefficient (Wildman–Crippen LogP) is 1.68. The molecule has 106 valence electrons. The van der Waals surface area contributed by atoms with Crippen LogP contribution in [0.25, 0.3) is 0 Å². The van der Waals surface area contributed by atoms with Crippen LogP contribution in [0.4, 0.5) is 5.13 Å². The van der Waals surface area contributed by atoms with Gasteiger partial charge in [0, 0.05) is 31.4 Å². The molecule has 1 atom stereocenters. The van der Waals surface area contributed by atoms with E-state index in [2.05, 4.69) is 27.4 Å². The first-order chi connectivity index (χ1) is 9.17. The molecule has 2 rings (SSSR count). The van der Waals surface area contributed by atoms with E-state index in [0.717, 1.165) is 31.9 Å². The van der Waals surface area contributed by atoms with Crippen molar-refractivity contribution in [3.63, 3.8) is 0 Å². The minimum atomic E-state index is -0.0663. The molecule has 1 aromatic rings. The van der Waals surface area contributed by atoms with Crippen LogP contribution in [-0.2, 0) is 11.3 Å². The number of aromatic nitrogens is 1. The molecule has 0 spiro atoms. The van der Waals surface area contributed by atoms with Gasteiger partial charge >= 0.3 is 0 Å². The van der Waals surface area contributed by atoms with Gasteiger partial charge in [0.1, 0.15) is 0 Å². The third-order valence-corrected chi connectivity index (χ3v) is 4.12. The van der Waals surface area contributed by atoms with Crippen LogP contribution < -0.4 is 10.6 Å². The zero-order valence-electron chi connectivity index (χ0n) is 11.6. The van der Waals surface area contributed by atoms with Gasteiger partial charge in [-0.15, -0.1) is 11.3 Å². The van der Waals surface area contributed by atoms with E-state index in [4.69, 9.17) is 0 Å². The van der Waals surface area contributed by atoms with E-state index in [1.54, 1.807) is 0 Å². The van der Waals surface area contributed by atoms with Crippen LogP contribution in [0.1, 0.15) is 32.4 Å². The Hall–Kier alpha value is -0.980. The Morgan fingerprint density at radius 3 is 3.16 bits per heavy atom. The summed E-state index contributed by atoms with van der Waals surface area (Å²) in [6.45, 7) is 7.77. The molecule has 6 heteroatoms. The maximum atomic E-state index is 11.0. The first-order valence-electron chi connectivity index (χ1n) is 6.85. The molecule has 2 N–H and O–H groups in total. The number of rotatable bonds is 6. The molecule has 0 saturated carbocycles. The molecule has 1 unspecified atom stereocenters. The summed E-state index contributed by atoms with van der Waals surface area (Å²) in [7, 11) is 0. The lowest BCUT2D eigenvalue weighted by Crippen LogP contribution is -2.37. The minimum absolute atomic E-state index is 0.0663. The lowest BCUT2D eigenvalue weighted by molar-refractivity contribution is -0.114. The molecular weight excluding hydrogens is 260 g/mol. The fourth-order valence-electron chi connectivity index (χ4n) is 2.35. The second kappa shape index (κ2) is 6.98. The molecule has 1 saturated heterocycles. The Labute approximate surface area is 118 Å². The average molecular weight is 282 g/mol. The van der Waals surface area contributed by atoms with Crippen molar-refractivity contribution in [1.82, 2.24) is 15.2 Å². The van der Waals surface area contributed by atoms with E-state index in [-0.39, 0.29) is 5.91 Å². The summed E-state index contributed by atoms with van der Waals surface area (Å²) < 4.78 is 0. The standard InChI is InChI=1S/C13H22N4OS/c1-3-17(7-11-5-4-6-14-11)8-12-9-19-13(16-12)15-10(2)18/h9,11,14H,3-8H2,1-2H3,(H,15,16,18). The van der Waals surface area contributed by atoms with Gasteiger partial charge in [0.15, 0.2) is 5.13 Å². The number of likely N-dealkylation sites (N-methyl/N-ethyl adjacent to an activating group) is 1. The zero-order chi connectivity index (χ0) is 13.7. The molecule has 1 amide bonds. The lowest BCUT2D eigenvalue weighted by Gasteiger charge is -2.23. The van der Waals surface area contributed by atoms with Crippen molar-refractivity contribution in [2.75, 3.05) is 25.0 Å². The monoisotopic (exact) mass is 282 g/mol. The summed E-state index contributed by atoms with van der Waals surface area (Å²) in [6, 6.07) is 0.619. The van der Waals surface area contributed by atoms with E-state index in [9.17, 15) is 4.79 Å². The number of hydrogen-bond acceptors (Lipinski definition) is 5. The maximum absolute atomic E-state index is 11.0. The van der Waals surface area contributed by atoms with E-state index in [0.29, 0.717) is 11.2 Å². The number of thiazole rings is 1. The van der Waals surface area contributed by atoms with E-state index in [1.807, 2.05) is 5.38 Å². The largest absolute Gasteiger partial charge is 0.313 e. The van der Waals surface area contributed by atoms with Crippen LogP contribution in [0.3, 0.4) is 0 Å². The van der Waals surface area contributed by atoms with Crippen LogP contribution >= 0.6 is 11.3 Å². The average Bonchev–Trinajstić information content (AvgIpc) is 3.00. The van der Waals surface area contributed by atoms with Crippen molar-refractivity contribution in [2.45, 2.75) is 39.3 Å². The molecule has 2 heterocycles. The number of carbonyl (C=O) groups is 1. The van der Waals surface area contributed by atoms with Gasteiger partial charge in [0.25, 0.3) is 0 Å². The molecular formula is C13H22N4OS. The van der Waals surface area contributed by atoms with Gasteiger partial charge in [-0.05, 0) is 25.9 Å². The Morgan fingerprint density at radius 1 is 1.68 bits per heavy atom. The third-order valence-electron chi connectivity index (χ3n) is 3.31. The topological polar surface area (TPSA) is 57.3 Å². The van der Waals surface area contributed by atoms with Crippen LogP contribution in [0.5, 0.6) is 0 Å².